The van der Waals surface area contributed by atoms with Crippen molar-refractivity contribution >= 4 is 0 Å². The van der Waals surface area contributed by atoms with Crippen molar-refractivity contribution in [1.29, 1.82) is 5.26 Å². The molecule has 0 saturated heterocycles. The minimum Gasteiger partial charge on any atom is -0.495 e. The van der Waals surface area contributed by atoms with Crippen LogP contribution in [0.4, 0.5) is 0 Å². The van der Waals surface area contributed by atoms with E-state index >= 15 is 0 Å². The summed E-state index contributed by atoms with van der Waals surface area (Å²) >= 11 is 0. The van der Waals surface area contributed by atoms with Crippen LogP contribution in [0, 0.1) is 18.3 Å². The van der Waals surface area contributed by atoms with E-state index in [0.717, 1.165) is 23.3 Å². The zero-order chi connectivity index (χ0) is 10.1. The van der Waals surface area contributed by atoms with Gasteiger partial charge in [0.15, 0.2) is 0 Å². The van der Waals surface area contributed by atoms with E-state index in [2.05, 4.69) is 6.07 Å². The number of nitrogens with zero attached hydrogens (tertiary/aromatic N) is 1. The monoisotopic (exact) mass is 189 g/mol. The van der Waals surface area contributed by atoms with E-state index in [1.165, 1.54) is 0 Å². The molecule has 0 unspecified atom stereocenters. The number of aryl methyl sites for hydroxylation is 1. The van der Waals surface area contributed by atoms with Crippen LogP contribution < -0.4 is 9.47 Å². The Morgan fingerprint density at radius 1 is 1.57 bits per heavy atom. The minimum atomic E-state index is 0.625. The molecule has 0 N–H and O–H groups in total. The van der Waals surface area contributed by atoms with Gasteiger partial charge in [-0.25, -0.2) is 0 Å². The molecular formula is C11H11NO2. The highest BCUT2D eigenvalue weighted by molar-refractivity contribution is 5.59. The Bertz CT molecular complexity index is 415. The van der Waals surface area contributed by atoms with Gasteiger partial charge in [-0.3, -0.25) is 0 Å². The summed E-state index contributed by atoms with van der Waals surface area (Å²) in [6.45, 7) is 2.58. The van der Waals surface area contributed by atoms with Crippen molar-refractivity contribution in [2.75, 3.05) is 13.7 Å². The maximum atomic E-state index is 9.05. The molecule has 1 aromatic rings. The molecule has 14 heavy (non-hydrogen) atoms. The zero-order valence-corrected chi connectivity index (χ0v) is 8.26. The minimum absolute atomic E-state index is 0.625. The fourth-order valence-corrected chi connectivity index (χ4v) is 1.83. The molecule has 3 heteroatoms. The summed E-state index contributed by atoms with van der Waals surface area (Å²) in [7, 11) is 1.59. The molecule has 0 fully saturated rings. The van der Waals surface area contributed by atoms with Crippen molar-refractivity contribution in [1.82, 2.24) is 0 Å². The molecule has 1 heterocycles. The lowest BCUT2D eigenvalue weighted by Gasteiger charge is -2.09. The molecule has 72 valence electrons. The Kier molecular flexibility index (Phi) is 2.05. The molecule has 0 aromatic heterocycles. The van der Waals surface area contributed by atoms with Crippen LogP contribution in [0.1, 0.15) is 16.7 Å². The molecule has 0 radical (unpaired) electrons. The quantitative estimate of drug-likeness (QED) is 0.676. The maximum absolute atomic E-state index is 9.05. The van der Waals surface area contributed by atoms with Crippen molar-refractivity contribution in [2.45, 2.75) is 13.3 Å². The third-order valence-corrected chi connectivity index (χ3v) is 2.46. The molecule has 0 atom stereocenters. The Morgan fingerprint density at radius 3 is 3.00 bits per heavy atom. The normalized spacial score (nSPS) is 12.9. The first-order valence-corrected chi connectivity index (χ1v) is 4.51. The number of rotatable bonds is 1. The van der Waals surface area contributed by atoms with Gasteiger partial charge in [-0.05, 0) is 18.6 Å². The van der Waals surface area contributed by atoms with Gasteiger partial charge in [0.2, 0.25) is 0 Å². The summed E-state index contributed by atoms with van der Waals surface area (Å²) in [5.41, 5.74) is 2.56. The Morgan fingerprint density at radius 2 is 2.36 bits per heavy atom. The van der Waals surface area contributed by atoms with Gasteiger partial charge in [0.25, 0.3) is 0 Å². The van der Waals surface area contributed by atoms with Gasteiger partial charge in [0.1, 0.15) is 23.1 Å². The molecule has 0 saturated carbocycles. The third kappa shape index (κ3) is 1.12. The highest BCUT2D eigenvalue weighted by Gasteiger charge is 2.21. The molecule has 2 rings (SSSR count). The van der Waals surface area contributed by atoms with Gasteiger partial charge in [-0.2, -0.15) is 5.26 Å². The summed E-state index contributed by atoms with van der Waals surface area (Å²) in [4.78, 5) is 0. The highest BCUT2D eigenvalue weighted by Crippen LogP contribution is 2.36. The molecule has 0 amide bonds. The summed E-state index contributed by atoms with van der Waals surface area (Å²) in [5.74, 6) is 1.51. The van der Waals surface area contributed by atoms with Gasteiger partial charge in [-0.1, -0.05) is 0 Å². The van der Waals surface area contributed by atoms with Crippen molar-refractivity contribution in [3.63, 3.8) is 0 Å². The second-order valence-electron chi connectivity index (χ2n) is 3.29. The van der Waals surface area contributed by atoms with Gasteiger partial charge < -0.3 is 9.47 Å². The lowest BCUT2D eigenvalue weighted by Crippen LogP contribution is -1.95. The predicted octanol–water partition coefficient (Wildman–Crippen LogP) is 1.81. The van der Waals surface area contributed by atoms with E-state index in [1.807, 2.05) is 13.0 Å². The second-order valence-corrected chi connectivity index (χ2v) is 3.29. The number of benzene rings is 1. The summed E-state index contributed by atoms with van der Waals surface area (Å²) < 4.78 is 10.6. The average Bonchev–Trinajstić information content (AvgIpc) is 2.62. The first-order chi connectivity index (χ1) is 6.77. The van der Waals surface area contributed by atoms with Gasteiger partial charge in [0.05, 0.1) is 13.7 Å². The first kappa shape index (κ1) is 8.89. The number of hydrogen-bond acceptors (Lipinski definition) is 3. The van der Waals surface area contributed by atoms with E-state index in [-0.39, 0.29) is 0 Å². The zero-order valence-electron chi connectivity index (χ0n) is 8.26. The number of methoxy groups -OCH3 is 1. The molecule has 1 aliphatic heterocycles. The van der Waals surface area contributed by atoms with Crippen LogP contribution in [0.25, 0.3) is 0 Å². The number of ether oxygens (including phenoxy) is 2. The van der Waals surface area contributed by atoms with Crippen LogP contribution in [-0.2, 0) is 6.42 Å². The van der Waals surface area contributed by atoms with Crippen molar-refractivity contribution < 1.29 is 9.47 Å². The Hall–Kier alpha value is -1.69. The summed E-state index contributed by atoms with van der Waals surface area (Å²) in [5, 5.41) is 9.05. The van der Waals surface area contributed by atoms with Crippen LogP contribution in [0.3, 0.4) is 0 Å². The standard InChI is InChI=1S/C11H11NO2/c1-7-5-10-8(3-4-14-10)9(6-12)11(7)13-2/h5H,3-4H2,1-2H3. The highest BCUT2D eigenvalue weighted by atomic mass is 16.5. The molecule has 1 aliphatic rings. The fourth-order valence-electron chi connectivity index (χ4n) is 1.83. The SMILES string of the molecule is COc1c(C)cc2c(c1C#N)CCO2. The van der Waals surface area contributed by atoms with E-state index < -0.39 is 0 Å². The van der Waals surface area contributed by atoms with E-state index in [4.69, 9.17) is 14.7 Å². The summed E-state index contributed by atoms with van der Waals surface area (Å²) in [6.07, 6.45) is 0.800. The molecule has 3 nitrogen and oxygen atoms in total. The van der Waals surface area contributed by atoms with Crippen LogP contribution in [0.15, 0.2) is 6.07 Å². The van der Waals surface area contributed by atoms with Crippen LogP contribution in [0.2, 0.25) is 0 Å². The topological polar surface area (TPSA) is 42.2 Å². The lowest BCUT2D eigenvalue weighted by atomic mass is 10.0. The Labute approximate surface area is 82.9 Å². The van der Waals surface area contributed by atoms with E-state index in [0.29, 0.717) is 17.9 Å². The van der Waals surface area contributed by atoms with Crippen LogP contribution >= 0.6 is 0 Å². The molecule has 1 aromatic carbocycles. The Balaban J connectivity index is 2.70. The van der Waals surface area contributed by atoms with E-state index in [1.54, 1.807) is 7.11 Å². The molecule has 0 bridgehead atoms. The summed E-state index contributed by atoms with van der Waals surface area (Å²) in [6, 6.07) is 4.12. The van der Waals surface area contributed by atoms with Crippen LogP contribution in [-0.4, -0.2) is 13.7 Å². The first-order valence-electron chi connectivity index (χ1n) is 4.51. The average molecular weight is 189 g/mol. The van der Waals surface area contributed by atoms with Gasteiger partial charge in [0, 0.05) is 12.0 Å². The molecule has 0 spiro atoms. The van der Waals surface area contributed by atoms with Gasteiger partial charge in [-0.15, -0.1) is 0 Å². The number of nitriles is 1. The van der Waals surface area contributed by atoms with Crippen molar-refractivity contribution in [3.05, 3.63) is 22.8 Å². The van der Waals surface area contributed by atoms with Crippen molar-refractivity contribution in [2.24, 2.45) is 0 Å². The third-order valence-electron chi connectivity index (χ3n) is 2.46. The second kappa shape index (κ2) is 3.22. The van der Waals surface area contributed by atoms with Crippen LogP contribution in [0.5, 0.6) is 11.5 Å². The fraction of sp³-hybridized carbons (Fsp3) is 0.364. The van der Waals surface area contributed by atoms with E-state index in [9.17, 15) is 0 Å². The van der Waals surface area contributed by atoms with Crippen molar-refractivity contribution in [3.8, 4) is 17.6 Å². The number of hydrogen-bond donors (Lipinski definition) is 0. The van der Waals surface area contributed by atoms with Gasteiger partial charge >= 0.3 is 0 Å². The number of fused-ring (bicyclic) bond motifs is 1. The molecule has 0 aliphatic carbocycles. The molecular weight excluding hydrogens is 178 g/mol. The predicted molar refractivity (Wildman–Crippen MR) is 51.6 cm³/mol. The lowest BCUT2D eigenvalue weighted by molar-refractivity contribution is 0.356. The largest absolute Gasteiger partial charge is 0.495 e. The maximum Gasteiger partial charge on any atom is 0.140 e. The smallest absolute Gasteiger partial charge is 0.140 e.